The van der Waals surface area contributed by atoms with Gasteiger partial charge >= 0.3 is 11.7 Å². The van der Waals surface area contributed by atoms with Crippen molar-refractivity contribution in [2.24, 2.45) is 5.41 Å². The zero-order valence-corrected chi connectivity index (χ0v) is 12.5. The maximum Gasteiger partial charge on any atom is 0.333 e. The van der Waals surface area contributed by atoms with Crippen LogP contribution in [0.1, 0.15) is 32.4 Å². The Bertz CT molecular complexity index is 573. The molecule has 8 nitrogen and oxygen atoms in total. The van der Waals surface area contributed by atoms with Gasteiger partial charge in [-0.15, -0.1) is 0 Å². The first-order valence-corrected chi connectivity index (χ1v) is 7.00. The second kappa shape index (κ2) is 5.34. The minimum atomic E-state index is -0.808. The lowest BCUT2D eigenvalue weighted by Crippen LogP contribution is -2.43. The number of nitrogens with zero attached hydrogens (tertiary/aromatic N) is 4. The molecule has 1 saturated heterocycles. The van der Waals surface area contributed by atoms with Gasteiger partial charge in [-0.25, -0.2) is 4.68 Å². The highest BCUT2D eigenvalue weighted by atomic mass is 16.6. The molecule has 116 valence electrons. The monoisotopic (exact) mass is 296 g/mol. The van der Waals surface area contributed by atoms with Crippen molar-refractivity contribution >= 4 is 17.5 Å². The predicted molar refractivity (Wildman–Crippen MR) is 76.5 cm³/mol. The van der Waals surface area contributed by atoms with Crippen LogP contribution >= 0.6 is 0 Å². The summed E-state index contributed by atoms with van der Waals surface area (Å²) < 4.78 is 1.62. The highest BCUT2D eigenvalue weighted by Crippen LogP contribution is 2.37. The van der Waals surface area contributed by atoms with E-state index in [2.05, 4.69) is 5.10 Å². The van der Waals surface area contributed by atoms with Crippen LogP contribution in [0.15, 0.2) is 0 Å². The number of carboxylic acid groups (broad SMARTS) is 1. The number of nitro groups is 1. The molecule has 0 radical (unpaired) electrons. The quantitative estimate of drug-likeness (QED) is 0.671. The smallest absolute Gasteiger partial charge is 0.333 e. The highest BCUT2D eigenvalue weighted by molar-refractivity contribution is 5.75. The summed E-state index contributed by atoms with van der Waals surface area (Å²) in [5.74, 6) is -0.315. The molecular formula is C13H20N4O4. The normalized spacial score (nSPS) is 17.8. The number of aromatic nitrogens is 2. The van der Waals surface area contributed by atoms with Gasteiger partial charge in [-0.2, -0.15) is 5.10 Å². The van der Waals surface area contributed by atoms with Crippen molar-refractivity contribution in [1.82, 2.24) is 9.78 Å². The van der Waals surface area contributed by atoms with Crippen molar-refractivity contribution in [3.63, 3.8) is 0 Å². The number of aliphatic carboxylic acids is 1. The summed E-state index contributed by atoms with van der Waals surface area (Å²) in [5.41, 5.74) is -0.337. The first-order valence-electron chi connectivity index (χ1n) is 7.00. The number of hydrogen-bond donors (Lipinski definition) is 1. The average molecular weight is 296 g/mol. The summed E-state index contributed by atoms with van der Waals surface area (Å²) >= 11 is 0. The zero-order valence-electron chi connectivity index (χ0n) is 12.5. The Morgan fingerprint density at radius 2 is 2.05 bits per heavy atom. The van der Waals surface area contributed by atoms with E-state index < -0.39 is 16.3 Å². The maximum absolute atomic E-state index is 11.3. The first kappa shape index (κ1) is 15.3. The summed E-state index contributed by atoms with van der Waals surface area (Å²) in [5, 5.41) is 24.8. The fourth-order valence-corrected chi connectivity index (χ4v) is 2.73. The van der Waals surface area contributed by atoms with Gasteiger partial charge in [0.05, 0.1) is 10.3 Å². The molecule has 0 atom stereocenters. The summed E-state index contributed by atoms with van der Waals surface area (Å²) in [6.07, 6.45) is 0.931. The molecule has 0 aromatic carbocycles. The minimum absolute atomic E-state index is 0.0239. The third kappa shape index (κ3) is 2.57. The molecule has 0 saturated carbocycles. The van der Waals surface area contributed by atoms with E-state index in [9.17, 15) is 20.0 Å². The molecule has 2 heterocycles. The molecule has 1 aliphatic heterocycles. The van der Waals surface area contributed by atoms with E-state index in [1.807, 2.05) is 11.8 Å². The van der Waals surface area contributed by atoms with Crippen LogP contribution in [0.5, 0.6) is 0 Å². The minimum Gasteiger partial charge on any atom is -0.481 e. The number of aryl methyl sites for hydroxylation is 2. The molecule has 21 heavy (non-hydrogen) atoms. The zero-order chi connectivity index (χ0) is 15.8. The SMILES string of the molecule is CCn1nc(C)c([N+](=O)[O-])c1N1CCC(C)(C(=O)O)CC1. The van der Waals surface area contributed by atoms with Crippen LogP contribution in [0.2, 0.25) is 0 Å². The second-order valence-electron chi connectivity index (χ2n) is 5.68. The van der Waals surface area contributed by atoms with Crippen LogP contribution in [0, 0.1) is 22.5 Å². The molecule has 2 rings (SSSR count). The Labute approximate surface area is 122 Å². The largest absolute Gasteiger partial charge is 0.481 e. The number of anilines is 1. The number of carboxylic acids is 1. The van der Waals surface area contributed by atoms with Crippen molar-refractivity contribution in [2.75, 3.05) is 18.0 Å². The Balaban J connectivity index is 2.32. The van der Waals surface area contributed by atoms with Gasteiger partial charge in [0.25, 0.3) is 0 Å². The number of hydrogen-bond acceptors (Lipinski definition) is 5. The molecule has 1 N–H and O–H groups in total. The fourth-order valence-electron chi connectivity index (χ4n) is 2.73. The third-order valence-corrected chi connectivity index (χ3v) is 4.23. The topological polar surface area (TPSA) is 101 Å². The Kier molecular flexibility index (Phi) is 3.89. The molecule has 0 bridgehead atoms. The molecule has 0 spiro atoms. The van der Waals surface area contributed by atoms with E-state index in [-0.39, 0.29) is 5.69 Å². The summed E-state index contributed by atoms with van der Waals surface area (Å²) in [7, 11) is 0. The fraction of sp³-hybridized carbons (Fsp3) is 0.692. The Morgan fingerprint density at radius 1 is 1.48 bits per heavy atom. The number of piperidine rings is 1. The lowest BCUT2D eigenvalue weighted by Gasteiger charge is -2.37. The predicted octanol–water partition coefficient (Wildman–Crippen LogP) is 1.81. The third-order valence-electron chi connectivity index (χ3n) is 4.23. The molecule has 0 aliphatic carbocycles. The molecule has 0 amide bonds. The van der Waals surface area contributed by atoms with Gasteiger partial charge in [-0.3, -0.25) is 14.9 Å². The van der Waals surface area contributed by atoms with Crippen molar-refractivity contribution in [1.29, 1.82) is 0 Å². The van der Waals surface area contributed by atoms with E-state index in [4.69, 9.17) is 0 Å². The first-order chi connectivity index (χ1) is 9.80. The molecule has 8 heteroatoms. The number of carbonyl (C=O) groups is 1. The standard InChI is InChI=1S/C13H20N4O4/c1-4-16-11(10(17(20)21)9(2)14-16)15-7-5-13(3,6-8-15)12(18)19/h4-8H2,1-3H3,(H,18,19). The maximum atomic E-state index is 11.3. The molecule has 1 fully saturated rings. The summed E-state index contributed by atoms with van der Waals surface area (Å²) in [6, 6.07) is 0. The molecule has 1 aromatic heterocycles. The summed E-state index contributed by atoms with van der Waals surface area (Å²) in [4.78, 5) is 24.0. The van der Waals surface area contributed by atoms with Crippen molar-refractivity contribution in [3.05, 3.63) is 15.8 Å². The van der Waals surface area contributed by atoms with E-state index >= 15 is 0 Å². The Morgan fingerprint density at radius 3 is 2.48 bits per heavy atom. The highest BCUT2D eigenvalue weighted by Gasteiger charge is 2.39. The van der Waals surface area contributed by atoms with Gasteiger partial charge in [0, 0.05) is 19.6 Å². The van der Waals surface area contributed by atoms with Crippen LogP contribution in [0.25, 0.3) is 0 Å². The van der Waals surface area contributed by atoms with Crippen molar-refractivity contribution in [2.45, 2.75) is 40.2 Å². The van der Waals surface area contributed by atoms with Crippen LogP contribution in [-0.4, -0.2) is 38.9 Å². The molecule has 1 aromatic rings. The second-order valence-corrected chi connectivity index (χ2v) is 5.68. The van der Waals surface area contributed by atoms with Gasteiger partial charge in [-0.1, -0.05) is 0 Å². The lowest BCUT2D eigenvalue weighted by atomic mass is 9.80. The van der Waals surface area contributed by atoms with Gasteiger partial charge < -0.3 is 10.0 Å². The van der Waals surface area contributed by atoms with Gasteiger partial charge in [0.2, 0.25) is 5.82 Å². The molecule has 1 aliphatic rings. The van der Waals surface area contributed by atoms with Crippen molar-refractivity contribution < 1.29 is 14.8 Å². The summed E-state index contributed by atoms with van der Waals surface area (Å²) in [6.45, 7) is 6.73. The van der Waals surface area contributed by atoms with Crippen LogP contribution < -0.4 is 4.90 Å². The van der Waals surface area contributed by atoms with E-state index in [0.29, 0.717) is 44.0 Å². The van der Waals surface area contributed by atoms with E-state index in [1.165, 1.54) is 0 Å². The molecule has 0 unspecified atom stereocenters. The Hall–Kier alpha value is -2.12. The number of rotatable bonds is 4. The van der Waals surface area contributed by atoms with Gasteiger partial charge in [-0.05, 0) is 33.6 Å². The van der Waals surface area contributed by atoms with Crippen LogP contribution in [0.3, 0.4) is 0 Å². The molecular weight excluding hydrogens is 276 g/mol. The average Bonchev–Trinajstić information content (AvgIpc) is 2.76. The van der Waals surface area contributed by atoms with E-state index in [1.54, 1.807) is 18.5 Å². The van der Waals surface area contributed by atoms with Gasteiger partial charge in [0.15, 0.2) is 0 Å². The van der Waals surface area contributed by atoms with Crippen LogP contribution in [-0.2, 0) is 11.3 Å². The van der Waals surface area contributed by atoms with Crippen LogP contribution in [0.4, 0.5) is 11.5 Å². The van der Waals surface area contributed by atoms with Crippen molar-refractivity contribution in [3.8, 4) is 0 Å². The van der Waals surface area contributed by atoms with E-state index in [0.717, 1.165) is 0 Å². The lowest BCUT2D eigenvalue weighted by molar-refractivity contribution is -0.384. The van der Waals surface area contributed by atoms with Gasteiger partial charge in [0.1, 0.15) is 5.69 Å².